The van der Waals surface area contributed by atoms with Gasteiger partial charge in [0, 0.05) is 35.4 Å². The average molecular weight is 740 g/mol. The predicted molar refractivity (Wildman–Crippen MR) is 198 cm³/mol. The van der Waals surface area contributed by atoms with Crippen molar-refractivity contribution in [2.45, 2.75) is 86.8 Å². The van der Waals surface area contributed by atoms with Gasteiger partial charge in [-0.3, -0.25) is 23.9 Å². The van der Waals surface area contributed by atoms with Crippen LogP contribution in [0.2, 0.25) is 0 Å². The van der Waals surface area contributed by atoms with Gasteiger partial charge in [-0.05, 0) is 50.7 Å². The van der Waals surface area contributed by atoms with Crippen molar-refractivity contribution in [3.05, 3.63) is 66.7 Å². The molecule has 0 spiro atoms. The number of carbonyl (C=O) groups excluding carboxylic acids is 4. The van der Waals surface area contributed by atoms with E-state index in [0.29, 0.717) is 60.2 Å². The summed E-state index contributed by atoms with van der Waals surface area (Å²) in [6.07, 6.45) is 7.51. The highest BCUT2D eigenvalue weighted by Crippen LogP contribution is 2.46. The molecule has 53 heavy (non-hydrogen) atoms. The normalized spacial score (nSPS) is 26.9. The lowest BCUT2D eigenvalue weighted by atomic mass is 10.0. The zero-order valence-electron chi connectivity index (χ0n) is 29.5. The van der Waals surface area contributed by atoms with Crippen molar-refractivity contribution >= 4 is 52.3 Å². The first kappa shape index (κ1) is 36.4. The van der Waals surface area contributed by atoms with Gasteiger partial charge in [0.25, 0.3) is 5.91 Å². The van der Waals surface area contributed by atoms with Gasteiger partial charge < -0.3 is 25.0 Å². The molecule has 13 nitrogen and oxygen atoms in total. The lowest BCUT2D eigenvalue weighted by Crippen LogP contribution is -2.58. The van der Waals surface area contributed by atoms with Gasteiger partial charge in [-0.15, -0.1) is 0 Å². The van der Waals surface area contributed by atoms with Crippen LogP contribution in [-0.4, -0.2) is 92.3 Å². The summed E-state index contributed by atoms with van der Waals surface area (Å²) < 4.78 is 39.9. The Kier molecular flexibility index (Phi) is 10.2. The van der Waals surface area contributed by atoms with Gasteiger partial charge in [0.1, 0.15) is 35.2 Å². The Morgan fingerprint density at radius 1 is 1.04 bits per heavy atom. The van der Waals surface area contributed by atoms with E-state index in [1.807, 2.05) is 54.6 Å². The smallest absolute Gasteiger partial charge is 0.259 e. The number of methoxy groups -OCH3 is 1. The molecule has 1 aromatic heterocycles. The molecule has 1 saturated heterocycles. The summed E-state index contributed by atoms with van der Waals surface area (Å²) in [4.78, 5) is 60.6. The number of benzene rings is 2. The van der Waals surface area contributed by atoms with Crippen molar-refractivity contribution in [1.29, 1.82) is 0 Å². The van der Waals surface area contributed by atoms with Gasteiger partial charge in [0.2, 0.25) is 29.7 Å². The standard InChI is InChI=1S/C38H42BN5O8S/c1-51-25-14-17-28-31(18-25)40-30(23-10-6-5-7-11-23)20-33(28)52-26-19-32-34(45)42-38(36(47)43-53(49,50)27-15-16-27)21-24(38)12-8-3-2-4-9-13-29(41-37(39)48)35(46)44(32)22-26/h5-8,10-12,14,17-18,20,24,26-27,29,32H,2-4,9,13,15-16,19,21-22H2,1H3,(H,41,48)(H,42,45)(H,43,47)/b12-8-/t24?,26-,29+,32+,38-/m1/s1. The molecule has 1 unspecified atom stereocenters. The molecule has 2 saturated carbocycles. The van der Waals surface area contributed by atoms with Gasteiger partial charge in [-0.25, -0.2) is 13.4 Å². The van der Waals surface area contributed by atoms with E-state index in [4.69, 9.17) is 22.3 Å². The molecule has 3 aromatic rings. The van der Waals surface area contributed by atoms with Crippen LogP contribution in [0, 0.1) is 5.92 Å². The summed E-state index contributed by atoms with van der Waals surface area (Å²) in [5, 5.41) is 5.51. The van der Waals surface area contributed by atoms with E-state index in [1.54, 1.807) is 19.2 Å². The van der Waals surface area contributed by atoms with Crippen LogP contribution in [0.5, 0.6) is 11.5 Å². The number of nitrogens with zero attached hydrogens (tertiary/aromatic N) is 2. The number of pyridine rings is 1. The first-order chi connectivity index (χ1) is 25.5. The second-order valence-electron chi connectivity index (χ2n) is 14.3. The van der Waals surface area contributed by atoms with Gasteiger partial charge in [0.05, 0.1) is 30.1 Å². The highest BCUT2D eigenvalue weighted by molar-refractivity contribution is 7.91. The van der Waals surface area contributed by atoms with Gasteiger partial charge >= 0.3 is 0 Å². The summed E-state index contributed by atoms with van der Waals surface area (Å²) >= 11 is 0. The van der Waals surface area contributed by atoms with Crippen LogP contribution in [0.1, 0.15) is 57.8 Å². The van der Waals surface area contributed by atoms with Crippen molar-refractivity contribution in [3.8, 4) is 22.8 Å². The molecular formula is C38H42BN5O8S. The first-order valence-corrected chi connectivity index (χ1v) is 19.6. The molecule has 4 amide bonds. The molecule has 3 N–H and O–H groups in total. The van der Waals surface area contributed by atoms with Crippen LogP contribution in [0.3, 0.4) is 0 Å². The largest absolute Gasteiger partial charge is 0.497 e. The molecule has 276 valence electrons. The number of nitrogens with one attached hydrogen (secondary N) is 3. The number of fused-ring (bicyclic) bond motifs is 3. The fraction of sp³-hybridized carbons (Fsp3) is 0.447. The molecule has 5 atom stereocenters. The van der Waals surface area contributed by atoms with Crippen LogP contribution in [-0.2, 0) is 24.4 Å². The van der Waals surface area contributed by atoms with E-state index < -0.39 is 68.4 Å². The third-order valence-electron chi connectivity index (χ3n) is 10.5. The Bertz CT molecular complexity index is 2060. The van der Waals surface area contributed by atoms with Crippen LogP contribution in [0.15, 0.2) is 66.7 Å². The Balaban J connectivity index is 1.22. The lowest BCUT2D eigenvalue weighted by Gasteiger charge is -2.29. The van der Waals surface area contributed by atoms with E-state index >= 15 is 0 Å². The van der Waals surface area contributed by atoms with E-state index in [0.717, 1.165) is 18.4 Å². The lowest BCUT2D eigenvalue weighted by molar-refractivity contribution is -0.141. The maximum atomic E-state index is 14.3. The van der Waals surface area contributed by atoms with Crippen molar-refractivity contribution in [2.75, 3.05) is 13.7 Å². The first-order valence-electron chi connectivity index (χ1n) is 18.1. The van der Waals surface area contributed by atoms with E-state index in [1.165, 1.54) is 4.90 Å². The molecule has 15 heteroatoms. The Labute approximate surface area is 309 Å². The van der Waals surface area contributed by atoms with Crippen molar-refractivity contribution in [3.63, 3.8) is 0 Å². The van der Waals surface area contributed by atoms with E-state index in [-0.39, 0.29) is 19.4 Å². The average Bonchev–Trinajstić information content (AvgIpc) is 4.07. The minimum atomic E-state index is -3.89. The van der Waals surface area contributed by atoms with Gasteiger partial charge in [-0.1, -0.05) is 55.3 Å². The highest BCUT2D eigenvalue weighted by atomic mass is 32.2. The summed E-state index contributed by atoms with van der Waals surface area (Å²) in [5.41, 5.74) is 0.626. The zero-order valence-corrected chi connectivity index (χ0v) is 30.3. The summed E-state index contributed by atoms with van der Waals surface area (Å²) in [6, 6.07) is 14.7. The quantitative estimate of drug-likeness (QED) is 0.231. The predicted octanol–water partition coefficient (Wildman–Crippen LogP) is 3.51. The number of hydrogen-bond donors (Lipinski definition) is 3. The molecule has 2 aliphatic carbocycles. The number of ether oxygens (including phenoxy) is 2. The highest BCUT2D eigenvalue weighted by Gasteiger charge is 2.62. The summed E-state index contributed by atoms with van der Waals surface area (Å²) in [7, 11) is 3.19. The second kappa shape index (κ2) is 14.8. The van der Waals surface area contributed by atoms with E-state index in [9.17, 15) is 27.6 Å². The number of amides is 4. The zero-order chi connectivity index (χ0) is 37.3. The van der Waals surface area contributed by atoms with Crippen LogP contribution in [0.25, 0.3) is 22.2 Å². The number of rotatable bonds is 8. The number of sulfonamides is 1. The maximum absolute atomic E-state index is 14.3. The topological polar surface area (TPSA) is 173 Å². The number of aromatic nitrogens is 1. The third kappa shape index (κ3) is 7.90. The minimum absolute atomic E-state index is 0.00686. The fourth-order valence-electron chi connectivity index (χ4n) is 7.36. The molecular weight excluding hydrogens is 697 g/mol. The molecule has 4 aliphatic rings. The second-order valence-corrected chi connectivity index (χ2v) is 16.3. The third-order valence-corrected chi connectivity index (χ3v) is 12.3. The van der Waals surface area contributed by atoms with Crippen molar-refractivity contribution in [1.82, 2.24) is 25.2 Å². The number of carbonyl (C=O) groups is 4. The molecule has 2 radical (unpaired) electrons. The molecule has 3 fully saturated rings. The summed E-state index contributed by atoms with van der Waals surface area (Å²) in [6.45, 7) is -0.00686. The van der Waals surface area contributed by atoms with Crippen molar-refractivity contribution < 1.29 is 37.1 Å². The van der Waals surface area contributed by atoms with Gasteiger partial charge in [0.15, 0.2) is 5.81 Å². The van der Waals surface area contributed by atoms with E-state index in [2.05, 4.69) is 15.4 Å². The van der Waals surface area contributed by atoms with Gasteiger partial charge in [-0.2, -0.15) is 0 Å². The van der Waals surface area contributed by atoms with Crippen LogP contribution in [0.4, 0.5) is 4.79 Å². The SMILES string of the molecule is [B]C(=O)N[C@H]1CCCCC/C=C\C2C[C@@]2(C(=O)NS(=O)(=O)C2CC2)NC(=O)[C@@H]2C[C@@H](Oc3cc(-c4ccccc4)nc4cc(OC)ccc34)CN2C1=O. The molecule has 2 aromatic carbocycles. The molecule has 7 rings (SSSR count). The Morgan fingerprint density at radius 2 is 1.83 bits per heavy atom. The summed E-state index contributed by atoms with van der Waals surface area (Å²) in [5.74, 6) is -2.11. The van der Waals surface area contributed by atoms with Crippen LogP contribution < -0.4 is 24.8 Å². The molecule has 2 aliphatic heterocycles. The van der Waals surface area contributed by atoms with Crippen molar-refractivity contribution in [2.24, 2.45) is 5.92 Å². The Morgan fingerprint density at radius 3 is 2.57 bits per heavy atom. The fourth-order valence-corrected chi connectivity index (χ4v) is 8.72. The van der Waals surface area contributed by atoms with Crippen LogP contribution >= 0.6 is 0 Å². The molecule has 0 bridgehead atoms. The Hall–Kier alpha value is -4.92. The number of hydrogen-bond acceptors (Lipinski definition) is 9. The monoisotopic (exact) mass is 739 g/mol. The minimum Gasteiger partial charge on any atom is -0.497 e. The molecule has 3 heterocycles. The maximum Gasteiger partial charge on any atom is 0.259 e. The number of allylic oxidation sites excluding steroid dienone is 1.